The van der Waals surface area contributed by atoms with Crippen molar-refractivity contribution in [3.8, 4) is 0 Å². The highest BCUT2D eigenvalue weighted by Gasteiger charge is 2.19. The molecule has 2 N–H and O–H groups in total. The van der Waals surface area contributed by atoms with E-state index in [2.05, 4.69) is 11.9 Å². The summed E-state index contributed by atoms with van der Waals surface area (Å²) in [6, 6.07) is 8.26. The number of nitrogens with one attached hydrogen (secondary N) is 1. The molecule has 108 valence electrons. The van der Waals surface area contributed by atoms with Crippen LogP contribution in [0.15, 0.2) is 43.0 Å². The lowest BCUT2D eigenvalue weighted by Gasteiger charge is -2.14. The first-order valence-electron chi connectivity index (χ1n) is 6.44. The molecule has 0 bridgehead atoms. The maximum absolute atomic E-state index is 11.5. The molecule has 5 heteroatoms. The van der Waals surface area contributed by atoms with Gasteiger partial charge in [0.25, 0.3) is 0 Å². The van der Waals surface area contributed by atoms with E-state index in [1.807, 2.05) is 30.3 Å². The summed E-state index contributed by atoms with van der Waals surface area (Å²) < 4.78 is 4.98. The van der Waals surface area contributed by atoms with Gasteiger partial charge in [-0.3, -0.25) is 0 Å². The van der Waals surface area contributed by atoms with Crippen LogP contribution in [0.2, 0.25) is 0 Å². The summed E-state index contributed by atoms with van der Waals surface area (Å²) in [5.41, 5.74) is 0.848. The average Bonchev–Trinajstić information content (AvgIpc) is 2.45. The minimum Gasteiger partial charge on any atom is -0.480 e. The van der Waals surface area contributed by atoms with Crippen LogP contribution in [0.4, 0.5) is 4.79 Å². The van der Waals surface area contributed by atoms with Crippen LogP contribution in [0, 0.1) is 0 Å². The number of carboxylic acid groups (broad SMARTS) is 1. The third kappa shape index (κ3) is 6.04. The Kier molecular flexibility index (Phi) is 6.89. The predicted molar refractivity (Wildman–Crippen MR) is 75.2 cm³/mol. The Morgan fingerprint density at radius 1 is 1.35 bits per heavy atom. The van der Waals surface area contributed by atoms with Gasteiger partial charge in [0.2, 0.25) is 0 Å². The van der Waals surface area contributed by atoms with E-state index in [-0.39, 0.29) is 6.61 Å². The van der Waals surface area contributed by atoms with Crippen molar-refractivity contribution in [2.75, 3.05) is 0 Å². The molecule has 0 spiro atoms. The van der Waals surface area contributed by atoms with Crippen LogP contribution in [0.3, 0.4) is 0 Å². The normalized spacial score (nSPS) is 11.4. The van der Waals surface area contributed by atoms with Crippen molar-refractivity contribution in [1.29, 1.82) is 0 Å². The van der Waals surface area contributed by atoms with Crippen LogP contribution in [0.25, 0.3) is 0 Å². The Bertz CT molecular complexity index is 444. The third-order valence-corrected chi connectivity index (χ3v) is 2.70. The summed E-state index contributed by atoms with van der Waals surface area (Å²) in [5.74, 6) is -1.06. The number of benzene rings is 1. The van der Waals surface area contributed by atoms with Gasteiger partial charge < -0.3 is 15.2 Å². The van der Waals surface area contributed by atoms with Gasteiger partial charge in [-0.2, -0.15) is 0 Å². The number of alkyl carbamates (subject to hydrolysis) is 1. The van der Waals surface area contributed by atoms with Gasteiger partial charge in [-0.15, -0.1) is 6.58 Å². The van der Waals surface area contributed by atoms with Crippen molar-refractivity contribution >= 4 is 12.1 Å². The van der Waals surface area contributed by atoms with Crippen molar-refractivity contribution in [3.63, 3.8) is 0 Å². The van der Waals surface area contributed by atoms with E-state index in [0.29, 0.717) is 19.3 Å². The van der Waals surface area contributed by atoms with E-state index in [0.717, 1.165) is 5.56 Å². The summed E-state index contributed by atoms with van der Waals surface area (Å²) in [6.45, 7) is 3.68. The van der Waals surface area contributed by atoms with Crippen LogP contribution in [-0.4, -0.2) is 23.2 Å². The molecule has 1 aromatic rings. The first kappa shape index (κ1) is 15.8. The van der Waals surface area contributed by atoms with Gasteiger partial charge in [-0.1, -0.05) is 36.4 Å². The molecule has 1 aromatic carbocycles. The monoisotopic (exact) mass is 277 g/mol. The molecule has 0 saturated carbocycles. The fourth-order valence-corrected chi connectivity index (χ4v) is 1.63. The van der Waals surface area contributed by atoms with Gasteiger partial charge in [0, 0.05) is 0 Å². The zero-order chi connectivity index (χ0) is 14.8. The third-order valence-electron chi connectivity index (χ3n) is 2.70. The van der Waals surface area contributed by atoms with E-state index in [4.69, 9.17) is 9.84 Å². The maximum Gasteiger partial charge on any atom is 0.408 e. The van der Waals surface area contributed by atoms with Gasteiger partial charge >= 0.3 is 12.1 Å². The topological polar surface area (TPSA) is 75.6 Å². The van der Waals surface area contributed by atoms with Crippen molar-refractivity contribution < 1.29 is 19.4 Å². The van der Waals surface area contributed by atoms with Crippen molar-refractivity contribution in [1.82, 2.24) is 5.32 Å². The predicted octanol–water partition coefficient (Wildman–Crippen LogP) is 2.72. The molecule has 20 heavy (non-hydrogen) atoms. The maximum atomic E-state index is 11.5. The number of carboxylic acids is 1. The highest BCUT2D eigenvalue weighted by atomic mass is 16.5. The molecule has 0 heterocycles. The quantitative estimate of drug-likeness (QED) is 0.566. The van der Waals surface area contributed by atoms with Crippen LogP contribution in [-0.2, 0) is 16.1 Å². The first-order chi connectivity index (χ1) is 9.63. The molecule has 0 radical (unpaired) electrons. The van der Waals surface area contributed by atoms with Crippen LogP contribution >= 0.6 is 0 Å². The number of ether oxygens (including phenoxy) is 1. The van der Waals surface area contributed by atoms with Gasteiger partial charge in [0.15, 0.2) is 0 Å². The number of aliphatic carboxylic acids is 1. The molecule has 0 fully saturated rings. The standard InChI is InChI=1S/C15H19NO4/c1-2-3-5-10-13(14(17)18)16-15(19)20-11-12-8-6-4-7-9-12/h2,4,6-9,13H,1,3,5,10-11H2,(H,16,19)(H,17,18)/t13-/m1/s1. The molecule has 0 aromatic heterocycles. The lowest BCUT2D eigenvalue weighted by Crippen LogP contribution is -2.40. The Hall–Kier alpha value is -2.30. The molecule has 0 saturated heterocycles. The summed E-state index contributed by atoms with van der Waals surface area (Å²) in [6.07, 6.45) is 2.71. The van der Waals surface area contributed by atoms with Crippen LogP contribution < -0.4 is 5.32 Å². The Morgan fingerprint density at radius 3 is 2.65 bits per heavy atom. The Balaban J connectivity index is 2.37. The minimum absolute atomic E-state index is 0.117. The van der Waals surface area contributed by atoms with Gasteiger partial charge in [-0.25, -0.2) is 9.59 Å². The second-order valence-electron chi connectivity index (χ2n) is 4.32. The molecule has 5 nitrogen and oxygen atoms in total. The highest BCUT2D eigenvalue weighted by Crippen LogP contribution is 2.04. The Morgan fingerprint density at radius 2 is 2.05 bits per heavy atom. The van der Waals surface area contributed by atoms with Gasteiger partial charge in [0.1, 0.15) is 12.6 Å². The minimum atomic E-state index is -1.06. The SMILES string of the molecule is C=CCCC[C@@H](NC(=O)OCc1ccccc1)C(=O)O. The molecule has 0 aliphatic carbocycles. The number of hydrogen-bond donors (Lipinski definition) is 2. The number of carbonyl (C=O) groups excluding carboxylic acids is 1. The second kappa shape index (κ2) is 8.74. The number of hydrogen-bond acceptors (Lipinski definition) is 3. The van der Waals surface area contributed by atoms with Crippen LogP contribution in [0.1, 0.15) is 24.8 Å². The van der Waals surface area contributed by atoms with Crippen molar-refractivity contribution in [3.05, 3.63) is 48.6 Å². The lowest BCUT2D eigenvalue weighted by molar-refractivity contribution is -0.139. The molecule has 1 atom stereocenters. The fraction of sp³-hybridized carbons (Fsp3) is 0.333. The molecular formula is C15H19NO4. The molecular weight excluding hydrogens is 258 g/mol. The number of carbonyl (C=O) groups is 2. The molecule has 0 aliphatic rings. The average molecular weight is 277 g/mol. The van der Waals surface area contributed by atoms with E-state index in [1.165, 1.54) is 0 Å². The summed E-state index contributed by atoms with van der Waals surface area (Å²) in [5, 5.41) is 11.4. The van der Waals surface area contributed by atoms with Crippen LogP contribution in [0.5, 0.6) is 0 Å². The van der Waals surface area contributed by atoms with Crippen molar-refractivity contribution in [2.45, 2.75) is 31.9 Å². The van der Waals surface area contributed by atoms with E-state index < -0.39 is 18.1 Å². The number of unbranched alkanes of at least 4 members (excludes halogenated alkanes) is 1. The largest absolute Gasteiger partial charge is 0.480 e. The smallest absolute Gasteiger partial charge is 0.408 e. The zero-order valence-corrected chi connectivity index (χ0v) is 11.2. The molecule has 1 rings (SSSR count). The number of allylic oxidation sites excluding steroid dienone is 1. The molecule has 0 unspecified atom stereocenters. The first-order valence-corrected chi connectivity index (χ1v) is 6.44. The lowest BCUT2D eigenvalue weighted by atomic mass is 10.1. The second-order valence-corrected chi connectivity index (χ2v) is 4.32. The van der Waals surface area contributed by atoms with Gasteiger partial charge in [0.05, 0.1) is 0 Å². The summed E-state index contributed by atoms with van der Waals surface area (Å²) in [7, 11) is 0. The molecule has 0 aliphatic heterocycles. The highest BCUT2D eigenvalue weighted by molar-refractivity contribution is 5.79. The fourth-order valence-electron chi connectivity index (χ4n) is 1.63. The Labute approximate surface area is 118 Å². The summed E-state index contributed by atoms with van der Waals surface area (Å²) in [4.78, 5) is 22.6. The van der Waals surface area contributed by atoms with E-state index in [9.17, 15) is 9.59 Å². The van der Waals surface area contributed by atoms with E-state index in [1.54, 1.807) is 6.08 Å². The zero-order valence-electron chi connectivity index (χ0n) is 11.2. The summed E-state index contributed by atoms with van der Waals surface area (Å²) >= 11 is 0. The number of amides is 1. The van der Waals surface area contributed by atoms with E-state index >= 15 is 0 Å². The van der Waals surface area contributed by atoms with Crippen molar-refractivity contribution in [2.24, 2.45) is 0 Å². The number of rotatable bonds is 8. The molecule has 1 amide bonds. The van der Waals surface area contributed by atoms with Gasteiger partial charge in [-0.05, 0) is 24.8 Å².